The third-order valence-electron chi connectivity index (χ3n) is 3.73. The molecule has 1 N–H and O–H groups in total. The number of rotatable bonds is 2. The standard InChI is InChI=1S/C14H15FN2O/c1-2-17-9-8-16-13(17)14(18)7-6-10-11(14)4-3-5-12(10)15/h3-5,8-9,18H,2,6-7H2,1H3. The van der Waals surface area contributed by atoms with Crippen molar-refractivity contribution in [3.05, 3.63) is 53.4 Å². The molecule has 4 heteroatoms. The van der Waals surface area contributed by atoms with Crippen LogP contribution in [0.3, 0.4) is 0 Å². The van der Waals surface area contributed by atoms with Crippen LogP contribution >= 0.6 is 0 Å². The van der Waals surface area contributed by atoms with E-state index in [0.29, 0.717) is 29.8 Å². The Balaban J connectivity index is 2.18. The SMILES string of the molecule is CCn1ccnc1C1(O)CCc2c(F)cccc21. The zero-order valence-electron chi connectivity index (χ0n) is 10.2. The Labute approximate surface area is 105 Å². The number of nitrogens with zero attached hydrogens (tertiary/aromatic N) is 2. The minimum Gasteiger partial charge on any atom is -0.377 e. The largest absolute Gasteiger partial charge is 0.377 e. The van der Waals surface area contributed by atoms with E-state index in [0.717, 1.165) is 6.54 Å². The van der Waals surface area contributed by atoms with E-state index in [1.807, 2.05) is 17.7 Å². The predicted octanol–water partition coefficient (Wildman–Crippen LogP) is 2.22. The minimum absolute atomic E-state index is 0.238. The molecule has 1 aromatic carbocycles. The van der Waals surface area contributed by atoms with Crippen molar-refractivity contribution in [2.75, 3.05) is 0 Å². The Morgan fingerprint density at radius 2 is 2.33 bits per heavy atom. The van der Waals surface area contributed by atoms with E-state index in [9.17, 15) is 9.50 Å². The van der Waals surface area contributed by atoms with E-state index in [1.165, 1.54) is 6.07 Å². The van der Waals surface area contributed by atoms with Crippen molar-refractivity contribution in [2.24, 2.45) is 0 Å². The first kappa shape index (κ1) is 11.4. The zero-order valence-corrected chi connectivity index (χ0v) is 10.2. The first-order valence-electron chi connectivity index (χ1n) is 6.18. The van der Waals surface area contributed by atoms with Gasteiger partial charge < -0.3 is 9.67 Å². The third kappa shape index (κ3) is 1.42. The quantitative estimate of drug-likeness (QED) is 0.882. The van der Waals surface area contributed by atoms with Crippen LogP contribution in [0.25, 0.3) is 0 Å². The first-order chi connectivity index (χ1) is 8.66. The van der Waals surface area contributed by atoms with Crippen LogP contribution in [0.5, 0.6) is 0 Å². The lowest BCUT2D eigenvalue weighted by Crippen LogP contribution is -2.28. The third-order valence-corrected chi connectivity index (χ3v) is 3.73. The van der Waals surface area contributed by atoms with E-state index < -0.39 is 5.60 Å². The van der Waals surface area contributed by atoms with Gasteiger partial charge in [-0.2, -0.15) is 0 Å². The number of hydrogen-bond donors (Lipinski definition) is 1. The summed E-state index contributed by atoms with van der Waals surface area (Å²) in [4.78, 5) is 4.26. The fraction of sp³-hybridized carbons (Fsp3) is 0.357. The van der Waals surface area contributed by atoms with Crippen molar-refractivity contribution in [3.63, 3.8) is 0 Å². The smallest absolute Gasteiger partial charge is 0.148 e. The summed E-state index contributed by atoms with van der Waals surface area (Å²) in [7, 11) is 0. The molecule has 0 saturated carbocycles. The Bertz CT molecular complexity index is 593. The monoisotopic (exact) mass is 246 g/mol. The molecule has 18 heavy (non-hydrogen) atoms. The van der Waals surface area contributed by atoms with Gasteiger partial charge in [0.2, 0.25) is 0 Å². The van der Waals surface area contributed by atoms with Crippen LogP contribution < -0.4 is 0 Å². The molecule has 2 aromatic rings. The van der Waals surface area contributed by atoms with E-state index in [2.05, 4.69) is 4.98 Å². The van der Waals surface area contributed by atoms with Crippen LogP contribution in [-0.2, 0) is 18.6 Å². The van der Waals surface area contributed by atoms with E-state index in [4.69, 9.17) is 0 Å². The normalized spacial score (nSPS) is 22.2. The first-order valence-corrected chi connectivity index (χ1v) is 6.18. The molecule has 1 aliphatic rings. The van der Waals surface area contributed by atoms with Gasteiger partial charge in [0, 0.05) is 18.9 Å². The Kier molecular flexibility index (Phi) is 2.48. The molecule has 0 radical (unpaired) electrons. The van der Waals surface area contributed by atoms with Gasteiger partial charge in [-0.15, -0.1) is 0 Å². The summed E-state index contributed by atoms with van der Waals surface area (Å²) < 4.78 is 15.6. The number of halogens is 1. The summed E-state index contributed by atoms with van der Waals surface area (Å²) >= 11 is 0. The summed E-state index contributed by atoms with van der Waals surface area (Å²) in [5, 5.41) is 10.9. The van der Waals surface area contributed by atoms with Gasteiger partial charge in [-0.05, 0) is 37.0 Å². The summed E-state index contributed by atoms with van der Waals surface area (Å²) in [6.07, 6.45) is 4.55. The van der Waals surface area contributed by atoms with Crippen LogP contribution in [-0.4, -0.2) is 14.7 Å². The van der Waals surface area contributed by atoms with Crippen LogP contribution in [0.15, 0.2) is 30.6 Å². The van der Waals surface area contributed by atoms with Crippen molar-refractivity contribution in [1.29, 1.82) is 0 Å². The highest BCUT2D eigenvalue weighted by Gasteiger charge is 2.42. The minimum atomic E-state index is -1.16. The lowest BCUT2D eigenvalue weighted by molar-refractivity contribution is 0.0694. The number of hydrogen-bond acceptors (Lipinski definition) is 2. The van der Waals surface area contributed by atoms with Crippen molar-refractivity contribution in [1.82, 2.24) is 9.55 Å². The average molecular weight is 246 g/mol. The molecule has 0 fully saturated rings. The van der Waals surface area contributed by atoms with Gasteiger partial charge in [-0.3, -0.25) is 0 Å². The number of aliphatic hydroxyl groups is 1. The number of fused-ring (bicyclic) bond motifs is 1. The van der Waals surface area contributed by atoms with Crippen LogP contribution in [0.1, 0.15) is 30.3 Å². The molecule has 3 nitrogen and oxygen atoms in total. The van der Waals surface area contributed by atoms with E-state index in [1.54, 1.807) is 18.3 Å². The van der Waals surface area contributed by atoms with Crippen molar-refractivity contribution in [3.8, 4) is 0 Å². The molecular weight excluding hydrogens is 231 g/mol. The van der Waals surface area contributed by atoms with Crippen LogP contribution in [0, 0.1) is 5.82 Å². The van der Waals surface area contributed by atoms with Gasteiger partial charge in [0.25, 0.3) is 0 Å². The van der Waals surface area contributed by atoms with E-state index >= 15 is 0 Å². The summed E-state index contributed by atoms with van der Waals surface area (Å²) in [5.74, 6) is 0.368. The highest BCUT2D eigenvalue weighted by Crippen LogP contribution is 2.42. The Hall–Kier alpha value is -1.68. The molecule has 3 rings (SSSR count). The Morgan fingerprint density at radius 3 is 3.11 bits per heavy atom. The molecular formula is C14H15FN2O. The fourth-order valence-electron chi connectivity index (χ4n) is 2.80. The van der Waals surface area contributed by atoms with Gasteiger partial charge >= 0.3 is 0 Å². The molecule has 1 aromatic heterocycles. The summed E-state index contributed by atoms with van der Waals surface area (Å²) in [5.41, 5.74) is 0.116. The lowest BCUT2D eigenvalue weighted by atomic mass is 9.95. The highest BCUT2D eigenvalue weighted by molar-refractivity contribution is 5.42. The maximum Gasteiger partial charge on any atom is 0.148 e. The van der Waals surface area contributed by atoms with Crippen molar-refractivity contribution in [2.45, 2.75) is 31.9 Å². The van der Waals surface area contributed by atoms with Crippen LogP contribution in [0.2, 0.25) is 0 Å². The van der Waals surface area contributed by atoms with Gasteiger partial charge in [0.05, 0.1) is 0 Å². The molecule has 0 spiro atoms. The molecule has 0 aliphatic heterocycles. The molecule has 1 aliphatic carbocycles. The van der Waals surface area contributed by atoms with Gasteiger partial charge in [-0.1, -0.05) is 12.1 Å². The van der Waals surface area contributed by atoms with Gasteiger partial charge in [0.15, 0.2) is 0 Å². The Morgan fingerprint density at radius 1 is 1.50 bits per heavy atom. The molecule has 1 atom stereocenters. The van der Waals surface area contributed by atoms with Gasteiger partial charge in [-0.25, -0.2) is 9.37 Å². The number of imidazole rings is 1. The molecule has 1 unspecified atom stereocenters. The number of aryl methyl sites for hydroxylation is 1. The second-order valence-electron chi connectivity index (χ2n) is 4.66. The van der Waals surface area contributed by atoms with Gasteiger partial charge in [0.1, 0.15) is 17.2 Å². The molecule has 0 saturated heterocycles. The second-order valence-corrected chi connectivity index (χ2v) is 4.66. The summed E-state index contributed by atoms with van der Waals surface area (Å²) in [6.45, 7) is 2.73. The molecule has 0 amide bonds. The van der Waals surface area contributed by atoms with Crippen LogP contribution in [0.4, 0.5) is 4.39 Å². The summed E-state index contributed by atoms with van der Waals surface area (Å²) in [6, 6.07) is 4.88. The maximum absolute atomic E-state index is 13.7. The van der Waals surface area contributed by atoms with Crippen molar-refractivity contribution >= 4 is 0 Å². The molecule has 94 valence electrons. The van der Waals surface area contributed by atoms with Crippen molar-refractivity contribution < 1.29 is 9.50 Å². The topological polar surface area (TPSA) is 38.0 Å². The number of aromatic nitrogens is 2. The highest BCUT2D eigenvalue weighted by atomic mass is 19.1. The fourth-order valence-corrected chi connectivity index (χ4v) is 2.80. The van der Waals surface area contributed by atoms with E-state index in [-0.39, 0.29) is 5.82 Å². The molecule has 1 heterocycles. The lowest BCUT2D eigenvalue weighted by Gasteiger charge is -2.24. The predicted molar refractivity (Wildman–Crippen MR) is 65.6 cm³/mol. The average Bonchev–Trinajstić information content (AvgIpc) is 2.96. The maximum atomic E-state index is 13.7. The number of benzene rings is 1. The second kappa shape index (κ2) is 3.92. The molecule has 0 bridgehead atoms. The zero-order chi connectivity index (χ0) is 12.8.